The van der Waals surface area contributed by atoms with Crippen molar-refractivity contribution in [3.05, 3.63) is 64.4 Å². The fraction of sp³-hybridized carbons (Fsp3) is 0.286. The number of hydrogen-bond donors (Lipinski definition) is 1. The van der Waals surface area contributed by atoms with Gasteiger partial charge in [-0.1, -0.05) is 18.2 Å². The molecule has 3 aromatic heterocycles. The van der Waals surface area contributed by atoms with Gasteiger partial charge in [-0.2, -0.15) is 5.10 Å². The van der Waals surface area contributed by atoms with E-state index in [1.807, 2.05) is 31.2 Å². The molecule has 8 heteroatoms. The second kappa shape index (κ2) is 7.46. The smallest absolute Gasteiger partial charge is 0.291 e. The van der Waals surface area contributed by atoms with Gasteiger partial charge in [-0.15, -0.1) is 0 Å². The van der Waals surface area contributed by atoms with Crippen molar-refractivity contribution in [1.29, 1.82) is 0 Å². The van der Waals surface area contributed by atoms with Crippen LogP contribution in [0.2, 0.25) is 0 Å². The fourth-order valence-corrected chi connectivity index (χ4v) is 3.44. The molecule has 0 bridgehead atoms. The highest BCUT2D eigenvalue weighted by Crippen LogP contribution is 2.21. The second-order valence-corrected chi connectivity index (χ2v) is 6.77. The Hall–Kier alpha value is -3.55. The predicted molar refractivity (Wildman–Crippen MR) is 108 cm³/mol. The predicted octanol–water partition coefficient (Wildman–Crippen LogP) is 2.83. The molecule has 0 fully saturated rings. The number of carbonyl (C=O) groups excluding carboxylic acids is 1. The molecule has 8 nitrogen and oxygen atoms in total. The van der Waals surface area contributed by atoms with Gasteiger partial charge in [-0.3, -0.25) is 14.0 Å². The number of para-hydroxylation sites is 1. The summed E-state index contributed by atoms with van der Waals surface area (Å²) in [6, 6.07) is 10.2. The van der Waals surface area contributed by atoms with Crippen molar-refractivity contribution in [2.75, 3.05) is 6.61 Å². The van der Waals surface area contributed by atoms with Crippen LogP contribution in [0.25, 0.3) is 16.6 Å². The van der Waals surface area contributed by atoms with E-state index in [0.29, 0.717) is 30.1 Å². The van der Waals surface area contributed by atoms with E-state index >= 15 is 0 Å². The molecule has 29 heavy (non-hydrogen) atoms. The van der Waals surface area contributed by atoms with Gasteiger partial charge in [0, 0.05) is 24.2 Å². The summed E-state index contributed by atoms with van der Waals surface area (Å²) in [6.07, 6.45) is 1.57. The molecule has 1 unspecified atom stereocenters. The number of nitrogens with one attached hydrogen (secondary N) is 1. The summed E-state index contributed by atoms with van der Waals surface area (Å²) < 4.78 is 13.9. The second-order valence-electron chi connectivity index (χ2n) is 6.77. The fourth-order valence-electron chi connectivity index (χ4n) is 3.44. The summed E-state index contributed by atoms with van der Waals surface area (Å²) in [7, 11) is 0. The summed E-state index contributed by atoms with van der Waals surface area (Å²) in [5.41, 5.74) is 2.33. The number of nitrogens with zero attached hydrogens (tertiary/aromatic N) is 3. The quantitative estimate of drug-likeness (QED) is 0.543. The monoisotopic (exact) mass is 394 g/mol. The number of benzene rings is 1. The third-order valence-corrected chi connectivity index (χ3v) is 4.90. The van der Waals surface area contributed by atoms with Crippen molar-refractivity contribution in [2.24, 2.45) is 0 Å². The van der Waals surface area contributed by atoms with Crippen molar-refractivity contribution in [3.63, 3.8) is 0 Å². The van der Waals surface area contributed by atoms with Crippen molar-refractivity contribution in [2.45, 2.75) is 33.4 Å². The number of hydrogen-bond acceptors (Lipinski definition) is 5. The number of rotatable bonds is 6. The third kappa shape index (κ3) is 3.26. The van der Waals surface area contributed by atoms with E-state index in [1.165, 1.54) is 4.68 Å². The van der Waals surface area contributed by atoms with E-state index in [2.05, 4.69) is 10.4 Å². The Balaban J connectivity index is 1.60. The summed E-state index contributed by atoms with van der Waals surface area (Å²) in [6.45, 7) is 6.19. The largest absolute Gasteiger partial charge is 0.494 e. The Kier molecular flexibility index (Phi) is 4.84. The number of furan rings is 1. The van der Waals surface area contributed by atoms with Crippen LogP contribution >= 0.6 is 0 Å². The van der Waals surface area contributed by atoms with Crippen molar-refractivity contribution >= 4 is 22.5 Å². The maximum atomic E-state index is 12.9. The summed E-state index contributed by atoms with van der Waals surface area (Å²) >= 11 is 0. The van der Waals surface area contributed by atoms with E-state index in [4.69, 9.17) is 9.15 Å². The maximum absolute atomic E-state index is 12.9. The molecule has 0 saturated carbocycles. The summed E-state index contributed by atoms with van der Waals surface area (Å²) in [5, 5.41) is 7.23. The SMILES string of the molecule is CCOc1ccccc1CNC(=O)C(C)n1nc(C)n2c(cc3occc32)c1=O. The summed E-state index contributed by atoms with van der Waals surface area (Å²) in [5.74, 6) is 1.02. The number of ether oxygens (including phenoxy) is 1. The average Bonchev–Trinajstić information content (AvgIpc) is 3.31. The van der Waals surface area contributed by atoms with Gasteiger partial charge in [0.05, 0.1) is 18.4 Å². The van der Waals surface area contributed by atoms with Crippen LogP contribution < -0.4 is 15.6 Å². The molecule has 0 aliphatic carbocycles. The number of aromatic nitrogens is 3. The molecule has 1 aromatic carbocycles. The molecule has 4 aromatic rings. The molecular formula is C21H22N4O4. The van der Waals surface area contributed by atoms with Crippen LogP contribution in [0.5, 0.6) is 5.75 Å². The van der Waals surface area contributed by atoms with Crippen molar-refractivity contribution in [1.82, 2.24) is 19.5 Å². The van der Waals surface area contributed by atoms with Gasteiger partial charge in [-0.25, -0.2) is 4.68 Å². The lowest BCUT2D eigenvalue weighted by Crippen LogP contribution is -2.38. The minimum Gasteiger partial charge on any atom is -0.494 e. The molecule has 150 valence electrons. The van der Waals surface area contributed by atoms with Crippen LogP contribution in [0.1, 0.15) is 31.3 Å². The first-order valence-corrected chi connectivity index (χ1v) is 9.47. The zero-order chi connectivity index (χ0) is 20.5. The highest BCUT2D eigenvalue weighted by Gasteiger charge is 2.21. The highest BCUT2D eigenvalue weighted by molar-refractivity contribution is 5.83. The van der Waals surface area contributed by atoms with Crippen LogP contribution in [-0.2, 0) is 11.3 Å². The topological polar surface area (TPSA) is 90.8 Å². The minimum atomic E-state index is -0.772. The van der Waals surface area contributed by atoms with Gasteiger partial charge in [0.2, 0.25) is 5.91 Å². The minimum absolute atomic E-state index is 0.299. The lowest BCUT2D eigenvalue weighted by Gasteiger charge is -2.16. The molecule has 3 heterocycles. The Labute approximate surface area is 166 Å². The zero-order valence-corrected chi connectivity index (χ0v) is 16.5. The zero-order valence-electron chi connectivity index (χ0n) is 16.5. The number of amides is 1. The van der Waals surface area contributed by atoms with E-state index in [9.17, 15) is 9.59 Å². The Morgan fingerprint density at radius 2 is 2.07 bits per heavy atom. The van der Waals surface area contributed by atoms with Crippen molar-refractivity contribution < 1.29 is 13.9 Å². The van der Waals surface area contributed by atoms with Gasteiger partial charge >= 0.3 is 0 Å². The Morgan fingerprint density at radius 3 is 2.86 bits per heavy atom. The van der Waals surface area contributed by atoms with Gasteiger partial charge in [0.25, 0.3) is 5.56 Å². The molecule has 4 rings (SSSR count). The Morgan fingerprint density at radius 1 is 1.28 bits per heavy atom. The first-order valence-electron chi connectivity index (χ1n) is 9.47. The van der Waals surface area contributed by atoms with Gasteiger partial charge in [-0.05, 0) is 26.8 Å². The molecular weight excluding hydrogens is 372 g/mol. The standard InChI is InChI=1S/C21H22N4O4/c1-4-28-18-8-6-5-7-15(18)12-22-20(26)13(2)25-21(27)17-11-19-16(9-10-29-19)24(17)14(3)23-25/h5-11,13H,4,12H2,1-3H3,(H,22,26). The lowest BCUT2D eigenvalue weighted by molar-refractivity contribution is -0.124. The van der Waals surface area contributed by atoms with Gasteiger partial charge in [0.1, 0.15) is 23.1 Å². The highest BCUT2D eigenvalue weighted by atomic mass is 16.5. The van der Waals surface area contributed by atoms with Crippen LogP contribution in [0, 0.1) is 6.92 Å². The lowest BCUT2D eigenvalue weighted by atomic mass is 10.2. The average molecular weight is 394 g/mol. The number of fused-ring (bicyclic) bond motifs is 3. The molecule has 0 aliphatic rings. The van der Waals surface area contributed by atoms with E-state index < -0.39 is 6.04 Å². The molecule has 0 aliphatic heterocycles. The maximum Gasteiger partial charge on any atom is 0.291 e. The molecule has 0 spiro atoms. The van der Waals surface area contributed by atoms with E-state index in [0.717, 1.165) is 16.8 Å². The molecule has 0 saturated heterocycles. The number of carbonyl (C=O) groups is 1. The molecule has 1 amide bonds. The molecule has 1 N–H and O–H groups in total. The van der Waals surface area contributed by atoms with Crippen LogP contribution in [0.3, 0.4) is 0 Å². The van der Waals surface area contributed by atoms with E-state index in [-0.39, 0.29) is 11.5 Å². The van der Waals surface area contributed by atoms with Crippen LogP contribution in [-0.4, -0.2) is 26.7 Å². The first kappa shape index (κ1) is 18.8. The van der Waals surface area contributed by atoms with Crippen LogP contribution in [0.15, 0.2) is 51.9 Å². The third-order valence-electron chi connectivity index (χ3n) is 4.90. The van der Waals surface area contributed by atoms with E-state index in [1.54, 1.807) is 36.6 Å². The van der Waals surface area contributed by atoms with Crippen molar-refractivity contribution in [3.8, 4) is 5.75 Å². The first-order chi connectivity index (χ1) is 14.0. The molecule has 1 atom stereocenters. The summed E-state index contributed by atoms with van der Waals surface area (Å²) in [4.78, 5) is 25.7. The number of aryl methyl sites for hydroxylation is 1. The van der Waals surface area contributed by atoms with Gasteiger partial charge in [0.15, 0.2) is 5.58 Å². The van der Waals surface area contributed by atoms with Gasteiger partial charge < -0.3 is 14.5 Å². The normalized spacial score (nSPS) is 12.4. The molecule has 0 radical (unpaired) electrons. The Bertz CT molecular complexity index is 1250. The van der Waals surface area contributed by atoms with Crippen LogP contribution in [0.4, 0.5) is 0 Å².